The SMILES string of the molecule is CC(C)(C)OC(=O)N1CCC(Nc2cc(C#N)ccc2N)CC1. The van der Waals surface area contributed by atoms with Crippen LogP contribution in [0, 0.1) is 11.3 Å². The highest BCUT2D eigenvalue weighted by atomic mass is 16.6. The Balaban J connectivity index is 1.90. The number of nitrogens with two attached hydrogens (primary N) is 1. The Morgan fingerprint density at radius 2 is 2.04 bits per heavy atom. The van der Waals surface area contributed by atoms with Gasteiger partial charge in [-0.2, -0.15) is 5.26 Å². The van der Waals surface area contributed by atoms with Gasteiger partial charge in [0.25, 0.3) is 0 Å². The van der Waals surface area contributed by atoms with Crippen LogP contribution in [0.15, 0.2) is 18.2 Å². The van der Waals surface area contributed by atoms with E-state index in [1.165, 1.54) is 0 Å². The molecule has 1 saturated heterocycles. The van der Waals surface area contributed by atoms with E-state index >= 15 is 0 Å². The molecule has 3 N–H and O–H groups in total. The number of nitriles is 1. The minimum absolute atomic E-state index is 0.227. The van der Waals surface area contributed by atoms with Gasteiger partial charge in [-0.15, -0.1) is 0 Å². The molecule has 0 radical (unpaired) electrons. The number of carbonyl (C=O) groups excluding carboxylic acids is 1. The maximum atomic E-state index is 12.0. The van der Waals surface area contributed by atoms with Gasteiger partial charge in [0.15, 0.2) is 0 Å². The van der Waals surface area contributed by atoms with Crippen molar-refractivity contribution >= 4 is 17.5 Å². The molecule has 0 atom stereocenters. The number of amides is 1. The number of hydrogen-bond acceptors (Lipinski definition) is 5. The first kappa shape index (κ1) is 16.9. The molecule has 1 aliphatic rings. The van der Waals surface area contributed by atoms with Crippen molar-refractivity contribution in [2.24, 2.45) is 0 Å². The maximum absolute atomic E-state index is 12.0. The molecule has 6 heteroatoms. The first-order valence-electron chi connectivity index (χ1n) is 7.82. The number of anilines is 2. The second kappa shape index (κ2) is 6.78. The van der Waals surface area contributed by atoms with Crippen LogP contribution in [-0.2, 0) is 4.74 Å². The lowest BCUT2D eigenvalue weighted by atomic mass is 10.0. The lowest BCUT2D eigenvalue weighted by Crippen LogP contribution is -2.44. The molecule has 0 spiro atoms. The van der Waals surface area contributed by atoms with Crippen molar-refractivity contribution in [2.45, 2.75) is 45.3 Å². The number of benzene rings is 1. The molecule has 124 valence electrons. The van der Waals surface area contributed by atoms with Crippen molar-refractivity contribution in [1.29, 1.82) is 5.26 Å². The molecule has 0 bridgehead atoms. The zero-order valence-corrected chi connectivity index (χ0v) is 13.9. The van der Waals surface area contributed by atoms with Crippen molar-refractivity contribution in [1.82, 2.24) is 4.90 Å². The molecule has 6 nitrogen and oxygen atoms in total. The Labute approximate surface area is 137 Å². The zero-order valence-electron chi connectivity index (χ0n) is 13.9. The van der Waals surface area contributed by atoms with Crippen LogP contribution in [0.4, 0.5) is 16.2 Å². The lowest BCUT2D eigenvalue weighted by molar-refractivity contribution is 0.0210. The highest BCUT2D eigenvalue weighted by Crippen LogP contribution is 2.24. The summed E-state index contributed by atoms with van der Waals surface area (Å²) in [7, 11) is 0. The minimum atomic E-state index is -0.474. The number of ether oxygens (including phenoxy) is 1. The van der Waals surface area contributed by atoms with Gasteiger partial charge >= 0.3 is 6.09 Å². The average Bonchev–Trinajstić information content (AvgIpc) is 2.48. The number of rotatable bonds is 2. The maximum Gasteiger partial charge on any atom is 0.410 e. The Kier molecular flexibility index (Phi) is 4.99. The summed E-state index contributed by atoms with van der Waals surface area (Å²) in [4.78, 5) is 13.8. The van der Waals surface area contributed by atoms with Gasteiger partial charge in [0, 0.05) is 19.1 Å². The lowest BCUT2D eigenvalue weighted by Gasteiger charge is -2.34. The van der Waals surface area contributed by atoms with E-state index in [1.54, 1.807) is 23.1 Å². The fourth-order valence-electron chi connectivity index (χ4n) is 2.50. The molecule has 1 aromatic carbocycles. The second-order valence-corrected chi connectivity index (χ2v) is 6.80. The quantitative estimate of drug-likeness (QED) is 0.818. The van der Waals surface area contributed by atoms with Crippen LogP contribution >= 0.6 is 0 Å². The molecule has 1 heterocycles. The first-order valence-corrected chi connectivity index (χ1v) is 7.82. The Morgan fingerprint density at radius 1 is 1.39 bits per heavy atom. The standard InChI is InChI=1S/C17H24N4O2/c1-17(2,3)23-16(22)21-8-6-13(7-9-21)20-15-10-12(11-18)4-5-14(15)19/h4-5,10,13,20H,6-9,19H2,1-3H3. The van der Waals surface area contributed by atoms with Crippen LogP contribution in [0.3, 0.4) is 0 Å². The van der Waals surface area contributed by atoms with Crippen LogP contribution in [0.5, 0.6) is 0 Å². The number of piperidine rings is 1. The van der Waals surface area contributed by atoms with Gasteiger partial charge in [0.05, 0.1) is 23.0 Å². The van der Waals surface area contributed by atoms with E-state index in [1.807, 2.05) is 20.8 Å². The van der Waals surface area contributed by atoms with E-state index in [0.29, 0.717) is 24.3 Å². The fourth-order valence-corrected chi connectivity index (χ4v) is 2.50. The normalized spacial score (nSPS) is 15.8. The predicted molar refractivity (Wildman–Crippen MR) is 90.0 cm³/mol. The number of hydrogen-bond donors (Lipinski definition) is 2. The van der Waals surface area contributed by atoms with Gasteiger partial charge in [-0.1, -0.05) is 0 Å². The van der Waals surface area contributed by atoms with Gasteiger partial charge in [-0.05, 0) is 51.8 Å². The summed E-state index contributed by atoms with van der Waals surface area (Å²) >= 11 is 0. The van der Waals surface area contributed by atoms with Gasteiger partial charge in [-0.25, -0.2) is 4.79 Å². The summed E-state index contributed by atoms with van der Waals surface area (Å²) < 4.78 is 5.39. The van der Waals surface area contributed by atoms with E-state index in [9.17, 15) is 4.79 Å². The molecule has 1 amide bonds. The summed E-state index contributed by atoms with van der Waals surface area (Å²) in [6.45, 7) is 6.88. The molecule has 1 fully saturated rings. The van der Waals surface area contributed by atoms with E-state index in [2.05, 4.69) is 11.4 Å². The molecule has 0 saturated carbocycles. The summed E-state index contributed by atoms with van der Waals surface area (Å²) in [5, 5.41) is 12.3. The van der Waals surface area contributed by atoms with Gasteiger partial charge in [0.1, 0.15) is 5.60 Å². The van der Waals surface area contributed by atoms with E-state index < -0.39 is 5.60 Å². The van der Waals surface area contributed by atoms with Crippen molar-refractivity contribution < 1.29 is 9.53 Å². The van der Waals surface area contributed by atoms with Crippen molar-refractivity contribution in [3.8, 4) is 6.07 Å². The van der Waals surface area contributed by atoms with Crippen LogP contribution in [0.25, 0.3) is 0 Å². The second-order valence-electron chi connectivity index (χ2n) is 6.80. The number of likely N-dealkylation sites (tertiary alicyclic amines) is 1. The Morgan fingerprint density at radius 3 is 2.61 bits per heavy atom. The average molecular weight is 316 g/mol. The van der Waals surface area contributed by atoms with E-state index in [0.717, 1.165) is 18.5 Å². The number of nitrogen functional groups attached to an aromatic ring is 1. The zero-order chi connectivity index (χ0) is 17.0. The molecular formula is C17H24N4O2. The van der Waals surface area contributed by atoms with Crippen LogP contribution in [-0.4, -0.2) is 35.7 Å². The van der Waals surface area contributed by atoms with Crippen LogP contribution in [0.1, 0.15) is 39.2 Å². The minimum Gasteiger partial charge on any atom is -0.444 e. The summed E-state index contributed by atoms with van der Waals surface area (Å²) in [6.07, 6.45) is 1.37. The molecule has 1 aromatic rings. The molecule has 0 unspecified atom stereocenters. The van der Waals surface area contributed by atoms with E-state index in [4.69, 9.17) is 15.7 Å². The first-order chi connectivity index (χ1) is 10.8. The predicted octanol–water partition coefficient (Wildman–Crippen LogP) is 2.95. The van der Waals surface area contributed by atoms with Gasteiger partial charge in [0.2, 0.25) is 0 Å². The smallest absolute Gasteiger partial charge is 0.410 e. The largest absolute Gasteiger partial charge is 0.444 e. The molecule has 23 heavy (non-hydrogen) atoms. The monoisotopic (exact) mass is 316 g/mol. The van der Waals surface area contributed by atoms with E-state index in [-0.39, 0.29) is 12.1 Å². The molecule has 1 aliphatic heterocycles. The van der Waals surface area contributed by atoms with Crippen molar-refractivity contribution in [3.05, 3.63) is 23.8 Å². The van der Waals surface area contributed by atoms with Gasteiger partial charge < -0.3 is 20.7 Å². The Hall–Kier alpha value is -2.42. The third-order valence-electron chi connectivity index (χ3n) is 3.69. The third kappa shape index (κ3) is 4.78. The molecule has 2 rings (SSSR count). The van der Waals surface area contributed by atoms with Crippen LogP contribution < -0.4 is 11.1 Å². The highest BCUT2D eigenvalue weighted by molar-refractivity contribution is 5.69. The summed E-state index contributed by atoms with van der Waals surface area (Å²) in [5.74, 6) is 0. The molecular weight excluding hydrogens is 292 g/mol. The van der Waals surface area contributed by atoms with Crippen molar-refractivity contribution in [2.75, 3.05) is 24.1 Å². The third-order valence-corrected chi connectivity index (χ3v) is 3.69. The summed E-state index contributed by atoms with van der Waals surface area (Å²) in [5.41, 5.74) is 7.45. The van der Waals surface area contributed by atoms with Gasteiger partial charge in [-0.3, -0.25) is 0 Å². The number of carbonyl (C=O) groups is 1. The fraction of sp³-hybridized carbons (Fsp3) is 0.529. The summed E-state index contributed by atoms with van der Waals surface area (Å²) in [6, 6.07) is 7.53. The number of nitrogens with one attached hydrogen (secondary N) is 1. The highest BCUT2D eigenvalue weighted by Gasteiger charge is 2.26. The molecule has 0 aliphatic carbocycles. The topological polar surface area (TPSA) is 91.4 Å². The van der Waals surface area contributed by atoms with Crippen molar-refractivity contribution in [3.63, 3.8) is 0 Å². The number of nitrogens with zero attached hydrogens (tertiary/aromatic N) is 2. The van der Waals surface area contributed by atoms with Crippen LogP contribution in [0.2, 0.25) is 0 Å². The molecule has 0 aromatic heterocycles. The Bertz CT molecular complexity index is 608.